The van der Waals surface area contributed by atoms with Gasteiger partial charge in [-0.1, -0.05) is 11.6 Å². The summed E-state index contributed by atoms with van der Waals surface area (Å²) in [6.07, 6.45) is 0. The van der Waals surface area contributed by atoms with Crippen LogP contribution in [-0.2, 0) is 10.0 Å². The molecular formula is C12H7ClN2O4S2. The molecular weight excluding hydrogens is 336 g/mol. The number of sulfonamides is 1. The Morgan fingerprint density at radius 3 is 2.67 bits per heavy atom. The van der Waals surface area contributed by atoms with E-state index in [-0.39, 0.29) is 26.0 Å². The number of hydrogen-bond donors (Lipinski definition) is 2. The number of benzene rings is 1. The SMILES string of the molecule is N#Cc1ccc(Cl)c(NS(=O)(=O)c2cc(C(=O)O)cs2)c1. The van der Waals surface area contributed by atoms with E-state index in [9.17, 15) is 13.2 Å². The molecule has 0 fully saturated rings. The van der Waals surface area contributed by atoms with E-state index in [0.29, 0.717) is 0 Å². The third-order valence-electron chi connectivity index (χ3n) is 2.43. The first-order valence-electron chi connectivity index (χ1n) is 5.38. The number of rotatable bonds is 4. The van der Waals surface area contributed by atoms with Gasteiger partial charge in [-0.25, -0.2) is 13.2 Å². The third kappa shape index (κ3) is 3.33. The topological polar surface area (TPSA) is 107 Å². The van der Waals surface area contributed by atoms with Gasteiger partial charge >= 0.3 is 5.97 Å². The molecule has 2 aromatic rings. The van der Waals surface area contributed by atoms with Gasteiger partial charge in [0.25, 0.3) is 10.0 Å². The minimum atomic E-state index is -3.96. The van der Waals surface area contributed by atoms with E-state index in [0.717, 1.165) is 17.4 Å². The first-order chi connectivity index (χ1) is 9.83. The van der Waals surface area contributed by atoms with E-state index < -0.39 is 16.0 Å². The number of halogens is 1. The highest BCUT2D eigenvalue weighted by Gasteiger charge is 2.20. The van der Waals surface area contributed by atoms with Crippen molar-refractivity contribution in [1.29, 1.82) is 5.26 Å². The lowest BCUT2D eigenvalue weighted by molar-refractivity contribution is 0.0697. The zero-order valence-electron chi connectivity index (χ0n) is 10.2. The fraction of sp³-hybridized carbons (Fsp3) is 0. The van der Waals surface area contributed by atoms with Gasteiger partial charge in [-0.15, -0.1) is 11.3 Å². The standard InChI is InChI=1S/C12H7ClN2O4S2/c13-9-2-1-7(5-14)3-10(9)15-21(18,19)11-4-8(6-20-11)12(16)17/h1-4,6,15H,(H,16,17). The second-order valence-electron chi connectivity index (χ2n) is 3.87. The molecule has 0 aliphatic carbocycles. The molecule has 1 heterocycles. The van der Waals surface area contributed by atoms with Gasteiger partial charge in [0.2, 0.25) is 0 Å². The van der Waals surface area contributed by atoms with Crippen LogP contribution >= 0.6 is 22.9 Å². The van der Waals surface area contributed by atoms with Crippen LogP contribution < -0.4 is 4.72 Å². The largest absolute Gasteiger partial charge is 0.478 e. The van der Waals surface area contributed by atoms with Gasteiger partial charge < -0.3 is 5.11 Å². The Labute approximate surface area is 129 Å². The number of aromatic carboxylic acids is 1. The van der Waals surface area contributed by atoms with Crippen LogP contribution in [0.15, 0.2) is 33.9 Å². The maximum absolute atomic E-state index is 12.2. The van der Waals surface area contributed by atoms with Gasteiger partial charge in [-0.05, 0) is 24.3 Å². The molecule has 0 unspecified atom stereocenters. The summed E-state index contributed by atoms with van der Waals surface area (Å²) >= 11 is 6.66. The molecule has 1 aromatic carbocycles. The number of anilines is 1. The minimum absolute atomic E-state index is 0.0565. The maximum atomic E-state index is 12.2. The molecule has 0 aliphatic heterocycles. The van der Waals surface area contributed by atoms with E-state index >= 15 is 0 Å². The molecule has 0 amide bonds. The van der Waals surface area contributed by atoms with Crippen molar-refractivity contribution in [2.24, 2.45) is 0 Å². The highest BCUT2D eigenvalue weighted by atomic mass is 35.5. The van der Waals surface area contributed by atoms with E-state index in [1.165, 1.54) is 23.6 Å². The molecule has 108 valence electrons. The summed E-state index contributed by atoms with van der Waals surface area (Å²) in [6.45, 7) is 0. The van der Waals surface area contributed by atoms with Crippen LogP contribution in [-0.4, -0.2) is 19.5 Å². The van der Waals surface area contributed by atoms with Crippen molar-refractivity contribution in [1.82, 2.24) is 0 Å². The first-order valence-corrected chi connectivity index (χ1v) is 8.12. The average Bonchev–Trinajstić information content (AvgIpc) is 2.92. The van der Waals surface area contributed by atoms with Gasteiger partial charge in [0, 0.05) is 5.38 Å². The summed E-state index contributed by atoms with van der Waals surface area (Å²) in [4.78, 5) is 10.8. The third-order valence-corrected chi connectivity index (χ3v) is 5.56. The highest BCUT2D eigenvalue weighted by Crippen LogP contribution is 2.28. The van der Waals surface area contributed by atoms with Crippen molar-refractivity contribution in [3.05, 3.63) is 45.8 Å². The Morgan fingerprint density at radius 2 is 2.10 bits per heavy atom. The van der Waals surface area contributed by atoms with Crippen LogP contribution in [0.4, 0.5) is 5.69 Å². The number of nitrogens with zero attached hydrogens (tertiary/aromatic N) is 1. The molecule has 0 radical (unpaired) electrons. The van der Waals surface area contributed by atoms with Crippen LogP contribution in [0.1, 0.15) is 15.9 Å². The first kappa shape index (κ1) is 15.3. The lowest BCUT2D eigenvalue weighted by Gasteiger charge is -2.08. The fourth-order valence-electron chi connectivity index (χ4n) is 1.44. The Hall–Kier alpha value is -2.08. The van der Waals surface area contributed by atoms with Crippen LogP contribution in [0, 0.1) is 11.3 Å². The lowest BCUT2D eigenvalue weighted by Crippen LogP contribution is -2.12. The highest BCUT2D eigenvalue weighted by molar-refractivity contribution is 7.94. The Balaban J connectivity index is 2.37. The molecule has 6 nitrogen and oxygen atoms in total. The molecule has 21 heavy (non-hydrogen) atoms. The smallest absolute Gasteiger partial charge is 0.336 e. The van der Waals surface area contributed by atoms with Crippen LogP contribution in [0.5, 0.6) is 0 Å². The lowest BCUT2D eigenvalue weighted by atomic mass is 10.2. The van der Waals surface area contributed by atoms with E-state index in [1.54, 1.807) is 0 Å². The number of nitrogens with one attached hydrogen (secondary N) is 1. The van der Waals surface area contributed by atoms with Crippen molar-refractivity contribution < 1.29 is 18.3 Å². The average molecular weight is 343 g/mol. The second-order valence-corrected chi connectivity index (χ2v) is 7.10. The van der Waals surface area contributed by atoms with E-state index in [1.807, 2.05) is 6.07 Å². The van der Waals surface area contributed by atoms with Crippen molar-refractivity contribution in [3.63, 3.8) is 0 Å². The van der Waals surface area contributed by atoms with Crippen molar-refractivity contribution in [2.75, 3.05) is 4.72 Å². The van der Waals surface area contributed by atoms with Gasteiger partial charge in [0.1, 0.15) is 4.21 Å². The summed E-state index contributed by atoms with van der Waals surface area (Å²) in [5.41, 5.74) is 0.188. The Kier molecular flexibility index (Phi) is 4.18. The van der Waals surface area contributed by atoms with Crippen molar-refractivity contribution in [3.8, 4) is 6.07 Å². The van der Waals surface area contributed by atoms with Crippen LogP contribution in [0.3, 0.4) is 0 Å². The van der Waals surface area contributed by atoms with Crippen molar-refractivity contribution in [2.45, 2.75) is 4.21 Å². The van der Waals surface area contributed by atoms with Crippen LogP contribution in [0.25, 0.3) is 0 Å². The normalized spacial score (nSPS) is 10.9. The van der Waals surface area contributed by atoms with Gasteiger partial charge in [-0.2, -0.15) is 5.26 Å². The summed E-state index contributed by atoms with van der Waals surface area (Å²) in [7, 11) is -3.96. The molecule has 0 bridgehead atoms. The Morgan fingerprint density at radius 1 is 1.38 bits per heavy atom. The van der Waals surface area contributed by atoms with Gasteiger partial charge in [0.05, 0.1) is 27.9 Å². The maximum Gasteiger partial charge on any atom is 0.336 e. The fourth-order valence-corrected chi connectivity index (χ4v) is 3.88. The predicted molar refractivity (Wildman–Crippen MR) is 78.3 cm³/mol. The zero-order chi connectivity index (χ0) is 15.6. The number of hydrogen-bond acceptors (Lipinski definition) is 5. The zero-order valence-corrected chi connectivity index (χ0v) is 12.6. The molecule has 2 N–H and O–H groups in total. The summed E-state index contributed by atoms with van der Waals surface area (Å²) in [6, 6.07) is 7.07. The molecule has 1 aromatic heterocycles. The van der Waals surface area contributed by atoms with Crippen molar-refractivity contribution >= 4 is 44.6 Å². The van der Waals surface area contributed by atoms with Gasteiger partial charge in [-0.3, -0.25) is 4.72 Å². The summed E-state index contributed by atoms with van der Waals surface area (Å²) < 4.78 is 26.4. The molecule has 9 heteroatoms. The molecule has 0 saturated carbocycles. The summed E-state index contributed by atoms with van der Waals surface area (Å²) in [5, 5.41) is 19.0. The molecule has 0 spiro atoms. The minimum Gasteiger partial charge on any atom is -0.478 e. The molecule has 2 rings (SSSR count). The second kappa shape index (κ2) is 5.73. The van der Waals surface area contributed by atoms with E-state index in [4.69, 9.17) is 22.0 Å². The quantitative estimate of drug-likeness (QED) is 0.888. The Bertz CT molecular complexity index is 852. The molecule has 0 saturated heterocycles. The molecule has 0 atom stereocenters. The summed E-state index contributed by atoms with van der Waals surface area (Å²) in [5.74, 6) is -1.21. The molecule has 0 aliphatic rings. The van der Waals surface area contributed by atoms with Gasteiger partial charge in [0.15, 0.2) is 0 Å². The monoisotopic (exact) mass is 342 g/mol. The number of carboxylic acid groups (broad SMARTS) is 1. The number of carbonyl (C=O) groups is 1. The number of thiophene rings is 1. The van der Waals surface area contributed by atoms with E-state index in [2.05, 4.69) is 4.72 Å². The number of carboxylic acids is 1. The predicted octanol–water partition coefficient (Wildman–Crippen LogP) is 2.77. The van der Waals surface area contributed by atoms with Crippen LogP contribution in [0.2, 0.25) is 5.02 Å². The number of nitriles is 1.